The van der Waals surface area contributed by atoms with Crippen LogP contribution in [0.1, 0.15) is 31.9 Å². The first-order chi connectivity index (χ1) is 15.8. The molecule has 4 rings (SSSR count). The van der Waals surface area contributed by atoms with E-state index in [0.717, 1.165) is 23.5 Å². The number of benzene rings is 1. The second-order valence-electron chi connectivity index (χ2n) is 9.33. The summed E-state index contributed by atoms with van der Waals surface area (Å²) < 4.78 is 6.93. The maximum atomic E-state index is 5.10. The van der Waals surface area contributed by atoms with Gasteiger partial charge >= 0.3 is 0 Å². The second kappa shape index (κ2) is 9.97. The van der Waals surface area contributed by atoms with E-state index in [0.29, 0.717) is 24.5 Å². The lowest BCUT2D eigenvalue weighted by molar-refractivity contribution is 0.183. The van der Waals surface area contributed by atoms with Crippen LogP contribution in [-0.4, -0.2) is 43.7 Å². The summed E-state index contributed by atoms with van der Waals surface area (Å²) in [6.45, 7) is 11.3. The van der Waals surface area contributed by atoms with Crippen molar-refractivity contribution in [2.45, 2.75) is 46.2 Å². The van der Waals surface area contributed by atoms with Crippen molar-refractivity contribution in [3.63, 3.8) is 0 Å². The normalized spacial score (nSPS) is 15.9. The van der Waals surface area contributed by atoms with E-state index in [1.165, 1.54) is 11.1 Å². The Labute approximate surface area is 200 Å². The Morgan fingerprint density at radius 3 is 2.82 bits per heavy atom. The molecule has 1 aliphatic heterocycles. The van der Waals surface area contributed by atoms with Crippen LogP contribution in [-0.2, 0) is 17.8 Å². The highest BCUT2D eigenvalue weighted by Gasteiger charge is 2.31. The molecule has 1 aromatic carbocycles. The van der Waals surface area contributed by atoms with Gasteiger partial charge in [-0.3, -0.25) is 4.68 Å². The van der Waals surface area contributed by atoms with Gasteiger partial charge in [0.25, 0.3) is 0 Å². The molecule has 0 fully saturated rings. The number of hydrogen-bond donors (Lipinski definition) is 1. The van der Waals surface area contributed by atoms with Crippen LogP contribution in [0.5, 0.6) is 0 Å². The van der Waals surface area contributed by atoms with Crippen molar-refractivity contribution in [3.8, 4) is 11.3 Å². The third-order valence-electron chi connectivity index (χ3n) is 5.56. The largest absolute Gasteiger partial charge is 0.383 e. The molecular formula is C25H32N6OS. The first kappa shape index (κ1) is 23.3. The van der Waals surface area contributed by atoms with Gasteiger partial charge in [0.05, 0.1) is 36.1 Å². The highest BCUT2D eigenvalue weighted by Crippen LogP contribution is 2.39. The summed E-state index contributed by atoms with van der Waals surface area (Å²) in [4.78, 5) is 11.5. The lowest BCUT2D eigenvalue weighted by atomic mass is 9.95. The van der Waals surface area contributed by atoms with Crippen LogP contribution in [0, 0.1) is 12.3 Å². The van der Waals surface area contributed by atoms with Crippen LogP contribution in [0.15, 0.2) is 54.5 Å². The van der Waals surface area contributed by atoms with Gasteiger partial charge in [0.1, 0.15) is 0 Å². The molecule has 3 aromatic rings. The third-order valence-corrected chi connectivity index (χ3v) is 7.08. The van der Waals surface area contributed by atoms with E-state index in [2.05, 4.69) is 77.8 Å². The van der Waals surface area contributed by atoms with Gasteiger partial charge < -0.3 is 15.0 Å². The lowest BCUT2D eigenvalue weighted by Crippen LogP contribution is -2.35. The van der Waals surface area contributed by atoms with Gasteiger partial charge in [0, 0.05) is 37.8 Å². The number of methoxy groups -OCH3 is 1. The molecule has 7 nitrogen and oxygen atoms in total. The summed E-state index contributed by atoms with van der Waals surface area (Å²) in [5, 5.41) is 10.2. The van der Waals surface area contributed by atoms with Crippen molar-refractivity contribution in [2.75, 3.05) is 19.0 Å². The van der Waals surface area contributed by atoms with Gasteiger partial charge in [-0.25, -0.2) is 9.97 Å². The molecule has 0 saturated carbocycles. The first-order valence-corrected chi connectivity index (χ1v) is 12.1. The van der Waals surface area contributed by atoms with Crippen LogP contribution in [0.4, 0.5) is 11.6 Å². The Hall–Kier alpha value is -2.84. The molecule has 8 heteroatoms. The van der Waals surface area contributed by atoms with Gasteiger partial charge in [-0.1, -0.05) is 32.9 Å². The first-order valence-electron chi connectivity index (χ1n) is 11.1. The Morgan fingerprint density at radius 1 is 1.21 bits per heavy atom. The van der Waals surface area contributed by atoms with Gasteiger partial charge in [-0.15, -0.1) is 11.8 Å². The SMILES string of the molecule is COCCn1cc(Nc2nccc(-c3ccc(CN4C=CSC4C(C)(C)C)c(C)c3)n2)cn1. The van der Waals surface area contributed by atoms with Crippen molar-refractivity contribution >= 4 is 23.4 Å². The van der Waals surface area contributed by atoms with Crippen molar-refractivity contribution < 1.29 is 4.74 Å². The summed E-state index contributed by atoms with van der Waals surface area (Å²) in [6.07, 6.45) is 7.68. The third kappa shape index (κ3) is 5.75. The van der Waals surface area contributed by atoms with E-state index in [-0.39, 0.29) is 5.41 Å². The second-order valence-corrected chi connectivity index (χ2v) is 10.3. The maximum Gasteiger partial charge on any atom is 0.227 e. The smallest absolute Gasteiger partial charge is 0.227 e. The van der Waals surface area contributed by atoms with Crippen molar-refractivity contribution in [3.05, 3.63) is 65.6 Å². The average molecular weight is 465 g/mol. The average Bonchev–Trinajstić information content (AvgIpc) is 3.43. The molecule has 0 radical (unpaired) electrons. The maximum absolute atomic E-state index is 5.10. The van der Waals surface area contributed by atoms with Gasteiger partial charge in [-0.05, 0) is 41.0 Å². The number of hydrogen-bond acceptors (Lipinski definition) is 7. The van der Waals surface area contributed by atoms with E-state index in [9.17, 15) is 0 Å². The number of thioether (sulfide) groups is 1. The van der Waals surface area contributed by atoms with Crippen LogP contribution in [0.25, 0.3) is 11.3 Å². The number of rotatable bonds is 8. The quantitative estimate of drug-likeness (QED) is 0.477. The molecule has 1 aliphatic rings. The van der Waals surface area contributed by atoms with Gasteiger partial charge in [0.2, 0.25) is 5.95 Å². The summed E-state index contributed by atoms with van der Waals surface area (Å²) in [6, 6.07) is 8.52. The molecule has 0 saturated heterocycles. The summed E-state index contributed by atoms with van der Waals surface area (Å²) >= 11 is 1.90. The zero-order valence-electron chi connectivity index (χ0n) is 19.9. The van der Waals surface area contributed by atoms with Gasteiger partial charge in [0.15, 0.2) is 0 Å². The number of nitrogens with zero attached hydrogens (tertiary/aromatic N) is 5. The zero-order chi connectivity index (χ0) is 23.4. The van der Waals surface area contributed by atoms with Gasteiger partial charge in [-0.2, -0.15) is 5.10 Å². The van der Waals surface area contributed by atoms with E-state index in [4.69, 9.17) is 9.72 Å². The van der Waals surface area contributed by atoms with Crippen molar-refractivity contribution in [1.29, 1.82) is 0 Å². The van der Waals surface area contributed by atoms with E-state index >= 15 is 0 Å². The summed E-state index contributed by atoms with van der Waals surface area (Å²) in [5.41, 5.74) is 5.62. The minimum absolute atomic E-state index is 0.215. The highest BCUT2D eigenvalue weighted by atomic mass is 32.2. The lowest BCUT2D eigenvalue weighted by Gasteiger charge is -2.35. The molecule has 3 heterocycles. The van der Waals surface area contributed by atoms with Crippen molar-refractivity contribution in [2.24, 2.45) is 5.41 Å². The monoisotopic (exact) mass is 464 g/mol. The Balaban J connectivity index is 1.47. The topological polar surface area (TPSA) is 68.1 Å². The minimum atomic E-state index is 0.215. The van der Waals surface area contributed by atoms with Crippen LogP contribution >= 0.6 is 11.8 Å². The number of anilines is 2. The molecule has 0 spiro atoms. The van der Waals surface area contributed by atoms with Crippen LogP contribution in [0.2, 0.25) is 0 Å². The fraction of sp³-hybridized carbons (Fsp3) is 0.400. The van der Waals surface area contributed by atoms with E-state index in [1.54, 1.807) is 19.5 Å². The number of nitrogens with one attached hydrogen (secondary N) is 1. The van der Waals surface area contributed by atoms with E-state index < -0.39 is 0 Å². The molecule has 33 heavy (non-hydrogen) atoms. The molecule has 0 bridgehead atoms. The Bertz CT molecular complexity index is 1120. The fourth-order valence-corrected chi connectivity index (χ4v) is 4.94. The summed E-state index contributed by atoms with van der Waals surface area (Å²) in [7, 11) is 1.68. The molecule has 174 valence electrons. The number of ether oxygens (including phenoxy) is 1. The molecule has 0 amide bonds. The standard InChI is InChI=1S/C25H32N6OS/c1-18-14-19(6-7-20(18)16-30-11-13-33-23(30)25(2,3)4)22-8-9-26-24(29-22)28-21-15-27-31(17-21)10-12-32-5/h6-9,11,13-15,17,23H,10,12,16H2,1-5H3,(H,26,28,29). The van der Waals surface area contributed by atoms with E-state index in [1.807, 2.05) is 28.7 Å². The molecule has 2 aromatic heterocycles. The fourth-order valence-electron chi connectivity index (χ4n) is 3.85. The molecule has 1 atom stereocenters. The van der Waals surface area contributed by atoms with Crippen LogP contribution in [0.3, 0.4) is 0 Å². The van der Waals surface area contributed by atoms with Crippen molar-refractivity contribution in [1.82, 2.24) is 24.6 Å². The highest BCUT2D eigenvalue weighted by molar-refractivity contribution is 8.02. The molecule has 1 unspecified atom stereocenters. The van der Waals surface area contributed by atoms with Crippen LogP contribution < -0.4 is 5.32 Å². The predicted molar refractivity (Wildman–Crippen MR) is 135 cm³/mol. The Morgan fingerprint density at radius 2 is 2.06 bits per heavy atom. The number of aryl methyl sites for hydroxylation is 1. The predicted octanol–water partition coefficient (Wildman–Crippen LogP) is 5.43. The molecular weight excluding hydrogens is 432 g/mol. The minimum Gasteiger partial charge on any atom is -0.383 e. The molecule has 0 aliphatic carbocycles. The number of aromatic nitrogens is 4. The summed E-state index contributed by atoms with van der Waals surface area (Å²) in [5.74, 6) is 0.549. The Kier molecular flexibility index (Phi) is 7.05. The molecule has 1 N–H and O–H groups in total. The zero-order valence-corrected chi connectivity index (χ0v) is 20.8.